The van der Waals surface area contributed by atoms with Crippen molar-refractivity contribution < 1.29 is 19.0 Å². The van der Waals surface area contributed by atoms with Gasteiger partial charge in [-0.3, -0.25) is 4.79 Å². The van der Waals surface area contributed by atoms with E-state index in [1.807, 2.05) is 54.8 Å². The largest absolute Gasteiger partial charge is 0.485 e. The van der Waals surface area contributed by atoms with E-state index in [1.165, 1.54) is 11.3 Å². The van der Waals surface area contributed by atoms with Gasteiger partial charge in [0.05, 0.1) is 11.3 Å². The molecule has 1 aliphatic heterocycles. The Labute approximate surface area is 206 Å². The summed E-state index contributed by atoms with van der Waals surface area (Å²) in [6.07, 6.45) is 1.78. The fourth-order valence-corrected chi connectivity index (χ4v) is 4.32. The van der Waals surface area contributed by atoms with Crippen LogP contribution in [-0.4, -0.2) is 24.2 Å². The highest BCUT2D eigenvalue weighted by atomic mass is 32.1. The summed E-state index contributed by atoms with van der Waals surface area (Å²) in [4.78, 5) is 17.0. The van der Waals surface area contributed by atoms with Crippen molar-refractivity contribution in [3.05, 3.63) is 93.8 Å². The zero-order valence-corrected chi connectivity index (χ0v) is 19.7. The number of Topliss-reactive ketones (excluding diaryl/α,β-unsaturated/α-hetero) is 1. The number of aromatic nitrogens is 1. The molecule has 7 heteroatoms. The van der Waals surface area contributed by atoms with Gasteiger partial charge in [0.25, 0.3) is 0 Å². The Morgan fingerprint density at radius 3 is 2.63 bits per heavy atom. The Hall–Kier alpha value is -4.41. The van der Waals surface area contributed by atoms with E-state index in [2.05, 4.69) is 11.1 Å². The Kier molecular flexibility index (Phi) is 6.29. The number of rotatable bonds is 7. The van der Waals surface area contributed by atoms with Crippen molar-refractivity contribution in [2.75, 3.05) is 13.4 Å². The fraction of sp³-hybridized carbons (Fsp3) is 0.107. The summed E-state index contributed by atoms with van der Waals surface area (Å²) in [7, 11) is 0. The number of nitrogens with zero attached hydrogens (tertiary/aromatic N) is 2. The third kappa shape index (κ3) is 5.08. The van der Waals surface area contributed by atoms with Crippen molar-refractivity contribution in [2.45, 2.75) is 6.92 Å². The highest BCUT2D eigenvalue weighted by Crippen LogP contribution is 2.36. The molecule has 0 saturated carbocycles. The van der Waals surface area contributed by atoms with Crippen LogP contribution in [0, 0.1) is 18.3 Å². The van der Waals surface area contributed by atoms with Gasteiger partial charge in [-0.2, -0.15) is 5.26 Å². The number of allylic oxidation sites excluding steroid dienone is 1. The average molecular weight is 481 g/mol. The summed E-state index contributed by atoms with van der Waals surface area (Å²) in [6.45, 7) is 2.16. The molecular weight excluding hydrogens is 460 g/mol. The number of carbonyl (C=O) groups excluding carboxylic acids is 1. The number of hydrogen-bond donors (Lipinski definition) is 0. The van der Waals surface area contributed by atoms with Gasteiger partial charge < -0.3 is 14.2 Å². The second-order valence-corrected chi connectivity index (χ2v) is 8.78. The van der Waals surface area contributed by atoms with Crippen LogP contribution >= 0.6 is 11.3 Å². The van der Waals surface area contributed by atoms with Crippen molar-refractivity contribution >= 4 is 28.8 Å². The molecule has 1 aromatic heterocycles. The van der Waals surface area contributed by atoms with Crippen molar-refractivity contribution in [1.29, 1.82) is 5.26 Å². The smallest absolute Gasteiger partial charge is 0.231 e. The second-order valence-electron chi connectivity index (χ2n) is 7.92. The molecule has 2 heterocycles. The number of hydrogen-bond acceptors (Lipinski definition) is 7. The van der Waals surface area contributed by atoms with E-state index < -0.39 is 0 Å². The molecule has 6 nitrogen and oxygen atoms in total. The molecule has 35 heavy (non-hydrogen) atoms. The monoisotopic (exact) mass is 480 g/mol. The lowest BCUT2D eigenvalue weighted by atomic mass is 10.1. The lowest BCUT2D eigenvalue weighted by Crippen LogP contribution is -2.11. The molecule has 0 aliphatic carbocycles. The maximum atomic E-state index is 12.3. The van der Waals surface area contributed by atoms with Crippen LogP contribution in [-0.2, 0) is 0 Å². The molecule has 0 fully saturated rings. The predicted octanol–water partition coefficient (Wildman–Crippen LogP) is 6.17. The number of carbonyl (C=O) groups is 1. The Morgan fingerprint density at radius 1 is 1.09 bits per heavy atom. The maximum absolute atomic E-state index is 12.3. The van der Waals surface area contributed by atoms with E-state index in [9.17, 15) is 10.1 Å². The number of ether oxygens (including phenoxy) is 3. The molecule has 0 unspecified atom stereocenters. The number of thiazole rings is 1. The van der Waals surface area contributed by atoms with Gasteiger partial charge in [0.15, 0.2) is 23.9 Å². The molecule has 0 bridgehead atoms. The molecule has 1 aliphatic rings. The van der Waals surface area contributed by atoms with Crippen molar-refractivity contribution in [2.24, 2.45) is 0 Å². The summed E-state index contributed by atoms with van der Waals surface area (Å²) in [5.41, 5.74) is 4.69. The lowest BCUT2D eigenvalue weighted by molar-refractivity contribution is 0.0921. The Morgan fingerprint density at radius 2 is 1.86 bits per heavy atom. The number of nitriles is 1. The molecule has 0 spiro atoms. The van der Waals surface area contributed by atoms with Crippen LogP contribution in [0.1, 0.15) is 26.5 Å². The van der Waals surface area contributed by atoms with Crippen LogP contribution in [0.15, 0.2) is 72.1 Å². The van der Waals surface area contributed by atoms with E-state index in [4.69, 9.17) is 14.2 Å². The summed E-state index contributed by atoms with van der Waals surface area (Å²) in [5.74, 6) is 1.91. The normalized spacial score (nSPS) is 12.3. The van der Waals surface area contributed by atoms with Crippen LogP contribution < -0.4 is 14.2 Å². The van der Waals surface area contributed by atoms with Crippen LogP contribution in [0.3, 0.4) is 0 Å². The molecule has 0 radical (unpaired) electrons. The summed E-state index contributed by atoms with van der Waals surface area (Å²) < 4.78 is 16.4. The van der Waals surface area contributed by atoms with Gasteiger partial charge in [-0.15, -0.1) is 11.3 Å². The first-order valence-corrected chi connectivity index (χ1v) is 11.8. The minimum Gasteiger partial charge on any atom is -0.485 e. The van der Waals surface area contributed by atoms with Gasteiger partial charge in [0.1, 0.15) is 16.8 Å². The Balaban J connectivity index is 1.26. The highest BCUT2D eigenvalue weighted by Gasteiger charge is 2.16. The van der Waals surface area contributed by atoms with Crippen LogP contribution in [0.4, 0.5) is 0 Å². The standard InChI is InChI=1S/C28H20N2O4S/c1-18-2-6-20(7-3-18)25(31)15-32-23-9-4-19(5-10-23)12-22(14-29)28-30-24(16-35-28)21-8-11-26-27(13-21)34-17-33-26/h2-13,16H,15,17H2,1H3. The second kappa shape index (κ2) is 9.84. The molecule has 0 saturated heterocycles. The summed E-state index contributed by atoms with van der Waals surface area (Å²) in [5, 5.41) is 12.3. The quantitative estimate of drug-likeness (QED) is 0.232. The van der Waals surface area contributed by atoms with Gasteiger partial charge in [-0.25, -0.2) is 4.98 Å². The zero-order valence-electron chi connectivity index (χ0n) is 18.9. The van der Waals surface area contributed by atoms with Crippen molar-refractivity contribution in [1.82, 2.24) is 4.98 Å². The van der Waals surface area contributed by atoms with Gasteiger partial charge in [-0.1, -0.05) is 42.0 Å². The third-order valence-corrected chi connectivity index (χ3v) is 6.33. The molecule has 172 valence electrons. The van der Waals surface area contributed by atoms with Crippen molar-refractivity contribution in [3.8, 4) is 34.6 Å². The molecule has 0 atom stereocenters. The van der Waals surface area contributed by atoms with E-state index >= 15 is 0 Å². The average Bonchev–Trinajstić information content (AvgIpc) is 3.56. The molecule has 0 N–H and O–H groups in total. The topological polar surface area (TPSA) is 81.4 Å². The molecule has 5 rings (SSSR count). The molecule has 4 aromatic rings. The van der Waals surface area contributed by atoms with E-state index in [0.29, 0.717) is 33.4 Å². The minimum absolute atomic E-state index is 0.0383. The van der Waals surface area contributed by atoms with Crippen LogP contribution in [0.25, 0.3) is 22.9 Å². The third-order valence-electron chi connectivity index (χ3n) is 5.46. The Bertz CT molecular complexity index is 1450. The van der Waals surface area contributed by atoms with E-state index in [-0.39, 0.29) is 19.2 Å². The maximum Gasteiger partial charge on any atom is 0.231 e. The number of fused-ring (bicyclic) bond motifs is 1. The number of benzene rings is 3. The predicted molar refractivity (Wildman–Crippen MR) is 135 cm³/mol. The first kappa shape index (κ1) is 22.4. The molecule has 0 amide bonds. The van der Waals surface area contributed by atoms with E-state index in [1.54, 1.807) is 30.3 Å². The van der Waals surface area contributed by atoms with Gasteiger partial charge in [0.2, 0.25) is 6.79 Å². The van der Waals surface area contributed by atoms with Gasteiger partial charge in [-0.05, 0) is 48.9 Å². The van der Waals surface area contributed by atoms with Gasteiger partial charge in [0, 0.05) is 16.5 Å². The summed E-state index contributed by atoms with van der Waals surface area (Å²) in [6, 6.07) is 22.6. The number of ketones is 1. The molecule has 3 aromatic carbocycles. The van der Waals surface area contributed by atoms with Gasteiger partial charge >= 0.3 is 0 Å². The number of aryl methyl sites for hydroxylation is 1. The zero-order chi connectivity index (χ0) is 24.2. The first-order chi connectivity index (χ1) is 17.1. The van der Waals surface area contributed by atoms with Crippen LogP contribution in [0.2, 0.25) is 0 Å². The fourth-order valence-electron chi connectivity index (χ4n) is 3.53. The summed E-state index contributed by atoms with van der Waals surface area (Å²) >= 11 is 1.41. The van der Waals surface area contributed by atoms with Crippen molar-refractivity contribution in [3.63, 3.8) is 0 Å². The molecular formula is C28H20N2O4S. The van der Waals surface area contributed by atoms with Crippen LogP contribution in [0.5, 0.6) is 17.2 Å². The SMILES string of the molecule is Cc1ccc(C(=O)COc2ccc(C=C(C#N)c3nc(-c4ccc5c(c4)OCO5)cs3)cc2)cc1. The lowest BCUT2D eigenvalue weighted by Gasteiger charge is -2.06. The first-order valence-electron chi connectivity index (χ1n) is 10.9. The highest BCUT2D eigenvalue weighted by molar-refractivity contribution is 7.11. The van der Waals surface area contributed by atoms with E-state index in [0.717, 1.165) is 22.4 Å². The minimum atomic E-state index is -0.0808.